The molecule has 1 aromatic rings. The first-order valence-corrected chi connectivity index (χ1v) is 9.53. The Morgan fingerprint density at radius 2 is 2.04 bits per heavy atom. The highest BCUT2D eigenvalue weighted by Crippen LogP contribution is 2.36. The van der Waals surface area contributed by atoms with Gasteiger partial charge in [0, 0.05) is 6.54 Å². The van der Waals surface area contributed by atoms with Gasteiger partial charge in [0.15, 0.2) is 0 Å². The number of carbonyl (C=O) groups is 1. The predicted octanol–water partition coefficient (Wildman–Crippen LogP) is 1.13. The average Bonchev–Trinajstić information content (AvgIpc) is 3.00. The second-order valence-electron chi connectivity index (χ2n) is 6.37. The Kier molecular flexibility index (Phi) is 4.54. The van der Waals surface area contributed by atoms with Crippen molar-refractivity contribution in [3.05, 3.63) is 23.8 Å². The third kappa shape index (κ3) is 3.26. The van der Waals surface area contributed by atoms with E-state index in [0.29, 0.717) is 25.4 Å². The van der Waals surface area contributed by atoms with E-state index < -0.39 is 10.0 Å². The molecule has 2 fully saturated rings. The number of sulfonamides is 1. The van der Waals surface area contributed by atoms with Gasteiger partial charge >= 0.3 is 0 Å². The lowest BCUT2D eigenvalue weighted by molar-refractivity contribution is -0.0948. The summed E-state index contributed by atoms with van der Waals surface area (Å²) in [7, 11) is -2.44. The van der Waals surface area contributed by atoms with Crippen molar-refractivity contribution in [1.29, 1.82) is 0 Å². The molecule has 1 spiro atoms. The summed E-state index contributed by atoms with van der Waals surface area (Å²) in [5.74, 6) is 0.0753. The van der Waals surface area contributed by atoms with Gasteiger partial charge in [0.05, 0.1) is 36.3 Å². The topological polar surface area (TPSA) is 98.9 Å². The number of nitrogens with two attached hydrogens (primary N) is 1. The summed E-state index contributed by atoms with van der Waals surface area (Å²) < 4.78 is 34.3. The van der Waals surface area contributed by atoms with Crippen LogP contribution in [0.2, 0.25) is 0 Å². The Bertz CT molecular complexity index is 741. The van der Waals surface area contributed by atoms with E-state index in [2.05, 4.69) is 0 Å². The number of rotatable bonds is 3. The zero-order valence-electron chi connectivity index (χ0n) is 13.7. The molecule has 1 aliphatic heterocycles. The van der Waals surface area contributed by atoms with E-state index in [4.69, 9.17) is 14.6 Å². The summed E-state index contributed by atoms with van der Waals surface area (Å²) in [6, 6.07) is 4.08. The van der Waals surface area contributed by atoms with Crippen molar-refractivity contribution < 1.29 is 22.7 Å². The van der Waals surface area contributed by atoms with Gasteiger partial charge in [-0.05, 0) is 31.0 Å². The maximum atomic E-state index is 13.0. The fraction of sp³-hybridized carbons (Fsp3) is 0.562. The number of hydrogen-bond donors (Lipinski definition) is 1. The van der Waals surface area contributed by atoms with Gasteiger partial charge in [-0.1, -0.05) is 12.8 Å². The molecule has 132 valence electrons. The maximum Gasteiger partial charge on any atom is 0.257 e. The first-order valence-electron chi connectivity index (χ1n) is 7.99. The number of ether oxygens (including phenoxy) is 2. The van der Waals surface area contributed by atoms with Crippen LogP contribution in [0.3, 0.4) is 0 Å². The number of primary sulfonamides is 1. The molecule has 1 heterocycles. The minimum atomic E-state index is -3.89. The maximum absolute atomic E-state index is 13.0. The van der Waals surface area contributed by atoms with Crippen LogP contribution in [0.4, 0.5) is 0 Å². The Balaban J connectivity index is 1.91. The molecule has 1 amide bonds. The first kappa shape index (κ1) is 17.2. The highest BCUT2D eigenvalue weighted by atomic mass is 32.2. The van der Waals surface area contributed by atoms with Gasteiger partial charge < -0.3 is 14.4 Å². The molecule has 1 saturated heterocycles. The third-order valence-electron chi connectivity index (χ3n) is 4.78. The summed E-state index contributed by atoms with van der Waals surface area (Å²) in [6.07, 6.45) is 4.11. The molecule has 24 heavy (non-hydrogen) atoms. The molecule has 1 aromatic carbocycles. The summed E-state index contributed by atoms with van der Waals surface area (Å²) in [5, 5.41) is 5.18. The van der Waals surface area contributed by atoms with E-state index in [1.807, 2.05) is 0 Å². The number of hydrogen-bond acceptors (Lipinski definition) is 5. The quantitative estimate of drug-likeness (QED) is 0.877. The number of benzene rings is 1. The van der Waals surface area contributed by atoms with Crippen LogP contribution in [-0.2, 0) is 14.8 Å². The van der Waals surface area contributed by atoms with E-state index in [9.17, 15) is 13.2 Å². The zero-order valence-corrected chi connectivity index (χ0v) is 14.5. The zero-order chi connectivity index (χ0) is 17.4. The van der Waals surface area contributed by atoms with Crippen molar-refractivity contribution in [3.63, 3.8) is 0 Å². The van der Waals surface area contributed by atoms with Crippen molar-refractivity contribution in [1.82, 2.24) is 4.90 Å². The normalized spacial score (nSPS) is 20.3. The van der Waals surface area contributed by atoms with Gasteiger partial charge in [0.25, 0.3) is 5.91 Å². The molecule has 0 unspecified atom stereocenters. The summed E-state index contributed by atoms with van der Waals surface area (Å²) >= 11 is 0. The molecule has 0 atom stereocenters. The molecule has 0 bridgehead atoms. The van der Waals surface area contributed by atoms with Crippen LogP contribution in [-0.4, -0.2) is 51.6 Å². The molecule has 7 nitrogen and oxygen atoms in total. The van der Waals surface area contributed by atoms with Crippen molar-refractivity contribution in [3.8, 4) is 5.75 Å². The van der Waals surface area contributed by atoms with E-state index in [-0.39, 0.29) is 22.0 Å². The van der Waals surface area contributed by atoms with Crippen molar-refractivity contribution in [2.45, 2.75) is 36.2 Å². The summed E-state index contributed by atoms with van der Waals surface area (Å²) in [4.78, 5) is 14.6. The molecule has 8 heteroatoms. The molecule has 3 rings (SSSR count). The minimum Gasteiger partial charge on any atom is -0.496 e. The fourth-order valence-electron chi connectivity index (χ4n) is 3.54. The molecule has 1 aliphatic carbocycles. The van der Waals surface area contributed by atoms with E-state index in [1.165, 1.54) is 25.3 Å². The number of methoxy groups -OCH3 is 1. The summed E-state index contributed by atoms with van der Waals surface area (Å²) in [5.41, 5.74) is -0.0438. The van der Waals surface area contributed by atoms with Crippen LogP contribution in [0.25, 0.3) is 0 Å². The van der Waals surface area contributed by atoms with Crippen molar-refractivity contribution in [2.24, 2.45) is 5.14 Å². The molecular weight excluding hydrogens is 332 g/mol. The monoisotopic (exact) mass is 354 g/mol. The Labute approximate surface area is 141 Å². The van der Waals surface area contributed by atoms with Crippen LogP contribution in [0.15, 0.2) is 23.1 Å². The number of carbonyl (C=O) groups excluding carboxylic acids is 1. The SMILES string of the molecule is COc1ccc(S(N)(=O)=O)cc1C(=O)N1CCOC2(CCCC2)C1. The van der Waals surface area contributed by atoms with Gasteiger partial charge in [0.2, 0.25) is 10.0 Å². The van der Waals surface area contributed by atoms with Crippen LogP contribution < -0.4 is 9.88 Å². The second-order valence-corrected chi connectivity index (χ2v) is 7.93. The first-order chi connectivity index (χ1) is 11.3. The number of morpholine rings is 1. The number of amides is 1. The minimum absolute atomic E-state index is 0.101. The molecule has 0 radical (unpaired) electrons. The fourth-order valence-corrected chi connectivity index (χ4v) is 4.08. The van der Waals surface area contributed by atoms with Gasteiger partial charge in [-0.25, -0.2) is 13.6 Å². The molecule has 2 aliphatic rings. The van der Waals surface area contributed by atoms with E-state index >= 15 is 0 Å². The highest BCUT2D eigenvalue weighted by Gasteiger charge is 2.41. The Morgan fingerprint density at radius 1 is 1.33 bits per heavy atom. The number of nitrogens with zero attached hydrogens (tertiary/aromatic N) is 1. The lowest BCUT2D eigenvalue weighted by Gasteiger charge is -2.40. The van der Waals surface area contributed by atoms with Crippen LogP contribution in [0.1, 0.15) is 36.0 Å². The molecule has 0 aromatic heterocycles. The van der Waals surface area contributed by atoms with Crippen molar-refractivity contribution >= 4 is 15.9 Å². The molecular formula is C16H22N2O5S. The standard InChI is InChI=1S/C16H22N2O5S/c1-22-14-5-4-12(24(17,20)21)10-13(14)15(19)18-8-9-23-16(11-18)6-2-3-7-16/h4-5,10H,2-3,6-9,11H2,1H3,(H2,17,20,21). The van der Waals surface area contributed by atoms with E-state index in [1.54, 1.807) is 4.90 Å². The lowest BCUT2D eigenvalue weighted by Crippen LogP contribution is -2.52. The highest BCUT2D eigenvalue weighted by molar-refractivity contribution is 7.89. The van der Waals surface area contributed by atoms with Crippen LogP contribution in [0.5, 0.6) is 5.75 Å². The van der Waals surface area contributed by atoms with Crippen LogP contribution in [0, 0.1) is 0 Å². The average molecular weight is 354 g/mol. The Morgan fingerprint density at radius 3 is 2.67 bits per heavy atom. The van der Waals surface area contributed by atoms with Crippen LogP contribution >= 0.6 is 0 Å². The summed E-state index contributed by atoms with van der Waals surface area (Å²) in [6.45, 7) is 1.49. The largest absolute Gasteiger partial charge is 0.496 e. The molecule has 2 N–H and O–H groups in total. The van der Waals surface area contributed by atoms with Crippen molar-refractivity contribution in [2.75, 3.05) is 26.8 Å². The smallest absolute Gasteiger partial charge is 0.257 e. The molecule has 1 saturated carbocycles. The van der Waals surface area contributed by atoms with Gasteiger partial charge in [-0.2, -0.15) is 0 Å². The van der Waals surface area contributed by atoms with Gasteiger partial charge in [0.1, 0.15) is 5.75 Å². The van der Waals surface area contributed by atoms with Gasteiger partial charge in [-0.15, -0.1) is 0 Å². The van der Waals surface area contributed by atoms with E-state index in [0.717, 1.165) is 25.7 Å². The third-order valence-corrected chi connectivity index (χ3v) is 5.69. The predicted molar refractivity (Wildman–Crippen MR) is 87.4 cm³/mol. The lowest BCUT2D eigenvalue weighted by atomic mass is 9.99. The second kappa shape index (κ2) is 6.34. The van der Waals surface area contributed by atoms with Gasteiger partial charge in [-0.3, -0.25) is 4.79 Å². The Hall–Kier alpha value is -1.64.